The van der Waals surface area contributed by atoms with Crippen LogP contribution in [-0.2, 0) is 4.79 Å². The van der Waals surface area contributed by atoms with Crippen molar-refractivity contribution in [2.24, 2.45) is 0 Å². The molecule has 0 unspecified atom stereocenters. The Morgan fingerprint density at radius 2 is 2.23 bits per heavy atom. The van der Waals surface area contributed by atoms with E-state index < -0.39 is 0 Å². The average molecular weight is 370 g/mol. The number of aryl methyl sites for hydroxylation is 1. The minimum absolute atomic E-state index is 0.0125. The highest BCUT2D eigenvalue weighted by Crippen LogP contribution is 2.33. The standard InChI is InChI=1S/C16H14N6O3S/c1-8-9(2)26-16(22-7-17-20-21-22)14(8)15(24)18-10-3-4-12-11(5-10)19-13(23)6-25-12/h3-5,7H,6H2,1-2H3,(H,18,24)(H,19,23). The first-order valence-corrected chi connectivity index (χ1v) is 8.56. The number of nitrogens with one attached hydrogen (secondary N) is 2. The fraction of sp³-hybridized carbons (Fsp3) is 0.188. The Morgan fingerprint density at radius 1 is 1.38 bits per heavy atom. The molecule has 4 rings (SSSR count). The van der Waals surface area contributed by atoms with E-state index >= 15 is 0 Å². The van der Waals surface area contributed by atoms with Gasteiger partial charge in [0.05, 0.1) is 11.3 Å². The summed E-state index contributed by atoms with van der Waals surface area (Å²) in [5, 5.41) is 17.4. The summed E-state index contributed by atoms with van der Waals surface area (Å²) < 4.78 is 6.79. The molecule has 3 heterocycles. The quantitative estimate of drug-likeness (QED) is 0.729. The Hall–Kier alpha value is -3.27. The molecule has 2 aromatic heterocycles. The molecule has 1 aliphatic rings. The number of rotatable bonds is 3. The smallest absolute Gasteiger partial charge is 0.262 e. The highest BCUT2D eigenvalue weighted by molar-refractivity contribution is 7.15. The number of carbonyl (C=O) groups is 2. The van der Waals surface area contributed by atoms with Gasteiger partial charge in [-0.15, -0.1) is 16.4 Å². The van der Waals surface area contributed by atoms with Crippen LogP contribution in [0.4, 0.5) is 11.4 Å². The molecule has 1 aromatic carbocycles. The Morgan fingerprint density at radius 3 is 3.00 bits per heavy atom. The van der Waals surface area contributed by atoms with E-state index in [9.17, 15) is 9.59 Å². The molecule has 0 saturated heterocycles. The molecule has 0 aliphatic carbocycles. The second-order valence-corrected chi connectivity index (χ2v) is 6.92. The third kappa shape index (κ3) is 2.80. The van der Waals surface area contributed by atoms with Crippen molar-refractivity contribution < 1.29 is 14.3 Å². The van der Waals surface area contributed by atoms with Crippen LogP contribution in [0.5, 0.6) is 5.75 Å². The lowest BCUT2D eigenvalue weighted by molar-refractivity contribution is -0.118. The number of nitrogens with zero attached hydrogens (tertiary/aromatic N) is 4. The van der Waals surface area contributed by atoms with Crippen LogP contribution in [0.25, 0.3) is 5.00 Å². The summed E-state index contributed by atoms with van der Waals surface area (Å²) in [6.07, 6.45) is 1.45. The van der Waals surface area contributed by atoms with Crippen molar-refractivity contribution in [3.05, 3.63) is 40.5 Å². The number of benzene rings is 1. The Kier molecular flexibility index (Phi) is 3.88. The Labute approximate surface area is 152 Å². The van der Waals surface area contributed by atoms with Crippen molar-refractivity contribution in [2.45, 2.75) is 13.8 Å². The van der Waals surface area contributed by atoms with E-state index in [-0.39, 0.29) is 18.4 Å². The van der Waals surface area contributed by atoms with Gasteiger partial charge in [0, 0.05) is 10.6 Å². The molecule has 2 N–H and O–H groups in total. The van der Waals surface area contributed by atoms with Gasteiger partial charge in [-0.1, -0.05) is 0 Å². The van der Waals surface area contributed by atoms with E-state index in [0.29, 0.717) is 27.7 Å². The predicted molar refractivity (Wildman–Crippen MR) is 95.0 cm³/mol. The van der Waals surface area contributed by atoms with Gasteiger partial charge in [-0.2, -0.15) is 4.68 Å². The highest BCUT2D eigenvalue weighted by atomic mass is 32.1. The van der Waals surface area contributed by atoms with Gasteiger partial charge in [0.2, 0.25) is 0 Å². The molecule has 1 aliphatic heterocycles. The summed E-state index contributed by atoms with van der Waals surface area (Å²) in [7, 11) is 0. The number of carbonyl (C=O) groups excluding carboxylic acids is 2. The van der Waals surface area contributed by atoms with Crippen molar-refractivity contribution in [3.63, 3.8) is 0 Å². The maximum Gasteiger partial charge on any atom is 0.262 e. The van der Waals surface area contributed by atoms with Crippen LogP contribution in [0, 0.1) is 13.8 Å². The van der Waals surface area contributed by atoms with Crippen LogP contribution >= 0.6 is 11.3 Å². The summed E-state index contributed by atoms with van der Waals surface area (Å²) in [6.45, 7) is 3.81. The summed E-state index contributed by atoms with van der Waals surface area (Å²) in [6, 6.07) is 5.09. The number of tetrazole rings is 1. The van der Waals surface area contributed by atoms with Crippen LogP contribution in [0.3, 0.4) is 0 Å². The minimum atomic E-state index is -0.277. The van der Waals surface area contributed by atoms with Gasteiger partial charge in [-0.3, -0.25) is 9.59 Å². The van der Waals surface area contributed by atoms with Crippen LogP contribution in [0.15, 0.2) is 24.5 Å². The van der Waals surface area contributed by atoms with E-state index in [0.717, 1.165) is 10.4 Å². The summed E-state index contributed by atoms with van der Waals surface area (Å²) in [5.41, 5.74) is 2.45. The third-order valence-electron chi connectivity index (χ3n) is 4.02. The molecule has 0 spiro atoms. The SMILES string of the molecule is Cc1sc(-n2cnnn2)c(C(=O)Nc2ccc3c(c2)NC(=O)CO3)c1C. The number of hydrogen-bond acceptors (Lipinski definition) is 7. The van der Waals surface area contributed by atoms with Gasteiger partial charge in [0.25, 0.3) is 11.8 Å². The Bertz CT molecular complexity index is 1010. The number of thiophene rings is 1. The van der Waals surface area contributed by atoms with Gasteiger partial charge in [-0.05, 0) is 48.0 Å². The third-order valence-corrected chi connectivity index (χ3v) is 5.22. The van der Waals surface area contributed by atoms with Crippen molar-refractivity contribution in [3.8, 4) is 10.8 Å². The Balaban J connectivity index is 1.66. The zero-order chi connectivity index (χ0) is 18.3. The summed E-state index contributed by atoms with van der Waals surface area (Å²) in [5.74, 6) is 0.0612. The monoisotopic (exact) mass is 370 g/mol. The molecular weight excluding hydrogens is 356 g/mol. The molecule has 10 heteroatoms. The minimum Gasteiger partial charge on any atom is -0.482 e. The van der Waals surface area contributed by atoms with E-state index in [1.165, 1.54) is 22.3 Å². The lowest BCUT2D eigenvalue weighted by atomic mass is 10.1. The second-order valence-electron chi connectivity index (χ2n) is 5.72. The number of aromatic nitrogens is 4. The van der Waals surface area contributed by atoms with Crippen molar-refractivity contribution in [2.75, 3.05) is 17.2 Å². The normalized spacial score (nSPS) is 12.9. The topological polar surface area (TPSA) is 111 Å². The maximum absolute atomic E-state index is 12.9. The molecular formula is C16H14N6O3S. The number of anilines is 2. The van der Waals surface area contributed by atoms with E-state index in [2.05, 4.69) is 26.2 Å². The second kappa shape index (κ2) is 6.23. The van der Waals surface area contributed by atoms with Crippen LogP contribution in [-0.4, -0.2) is 38.6 Å². The fourth-order valence-corrected chi connectivity index (χ4v) is 3.72. The van der Waals surface area contributed by atoms with Crippen molar-refractivity contribution >= 4 is 34.5 Å². The number of amides is 2. The highest BCUT2D eigenvalue weighted by Gasteiger charge is 2.22. The molecule has 0 fully saturated rings. The molecule has 0 radical (unpaired) electrons. The van der Waals surface area contributed by atoms with Crippen LogP contribution in [0.1, 0.15) is 20.8 Å². The molecule has 2 amide bonds. The van der Waals surface area contributed by atoms with Crippen molar-refractivity contribution in [1.29, 1.82) is 0 Å². The number of hydrogen-bond donors (Lipinski definition) is 2. The zero-order valence-corrected chi connectivity index (χ0v) is 14.8. The van der Waals surface area contributed by atoms with Gasteiger partial charge >= 0.3 is 0 Å². The van der Waals surface area contributed by atoms with Gasteiger partial charge in [0.15, 0.2) is 6.61 Å². The van der Waals surface area contributed by atoms with E-state index in [4.69, 9.17) is 4.74 Å². The molecule has 26 heavy (non-hydrogen) atoms. The lowest BCUT2D eigenvalue weighted by Gasteiger charge is -2.18. The van der Waals surface area contributed by atoms with Crippen LogP contribution in [0.2, 0.25) is 0 Å². The molecule has 9 nitrogen and oxygen atoms in total. The van der Waals surface area contributed by atoms with Gasteiger partial charge < -0.3 is 15.4 Å². The average Bonchev–Trinajstić information content (AvgIpc) is 3.23. The predicted octanol–water partition coefficient (Wildman–Crippen LogP) is 1.92. The number of fused-ring (bicyclic) bond motifs is 1. The first-order chi connectivity index (χ1) is 12.5. The molecule has 0 saturated carbocycles. The lowest BCUT2D eigenvalue weighted by Crippen LogP contribution is -2.25. The fourth-order valence-electron chi connectivity index (χ4n) is 2.65. The summed E-state index contributed by atoms with van der Waals surface area (Å²) >= 11 is 1.44. The molecule has 0 atom stereocenters. The van der Waals surface area contributed by atoms with Crippen LogP contribution < -0.4 is 15.4 Å². The first-order valence-electron chi connectivity index (χ1n) is 7.74. The maximum atomic E-state index is 12.9. The largest absolute Gasteiger partial charge is 0.482 e. The van der Waals surface area contributed by atoms with Crippen molar-refractivity contribution in [1.82, 2.24) is 20.2 Å². The summed E-state index contributed by atoms with van der Waals surface area (Å²) in [4.78, 5) is 25.4. The van der Waals surface area contributed by atoms with E-state index in [1.54, 1.807) is 18.2 Å². The first kappa shape index (κ1) is 16.2. The zero-order valence-electron chi connectivity index (χ0n) is 13.9. The molecule has 0 bridgehead atoms. The van der Waals surface area contributed by atoms with Gasteiger partial charge in [0.1, 0.15) is 17.1 Å². The van der Waals surface area contributed by atoms with E-state index in [1.807, 2.05) is 13.8 Å². The molecule has 3 aromatic rings. The van der Waals surface area contributed by atoms with Gasteiger partial charge in [-0.25, -0.2) is 0 Å². The number of ether oxygens (including phenoxy) is 1. The molecule has 132 valence electrons.